The van der Waals surface area contributed by atoms with E-state index < -0.39 is 18.2 Å². The van der Waals surface area contributed by atoms with Crippen molar-refractivity contribution in [3.05, 3.63) is 0 Å². The van der Waals surface area contributed by atoms with Crippen molar-refractivity contribution in [2.24, 2.45) is 0 Å². The first kappa shape index (κ1) is 43.2. The Hall–Kier alpha value is -0.940. The van der Waals surface area contributed by atoms with Crippen LogP contribution in [0.3, 0.4) is 0 Å². The second-order valence-electron chi connectivity index (χ2n) is 12.7. The summed E-state index contributed by atoms with van der Waals surface area (Å²) in [5.41, 5.74) is 0. The van der Waals surface area contributed by atoms with Crippen LogP contribution in [0.15, 0.2) is 0 Å². The summed E-state index contributed by atoms with van der Waals surface area (Å²) >= 11 is 0. The SMILES string of the molecule is CCCCCCCCCCCCCCCC(=O)C(O)C(C)O.CCCCCCCCCCCCCCCCCC(=O)O. The molecular formula is C37H74O5. The van der Waals surface area contributed by atoms with Gasteiger partial charge in [-0.1, -0.05) is 181 Å². The second-order valence-corrected chi connectivity index (χ2v) is 12.7. The average molecular weight is 599 g/mol. The molecule has 0 fully saturated rings. The lowest BCUT2D eigenvalue weighted by atomic mass is 10.0. The number of hydrogen-bond acceptors (Lipinski definition) is 4. The third kappa shape index (κ3) is 37.1. The quantitative estimate of drug-likeness (QED) is 0.0669. The molecule has 2 unspecified atom stereocenters. The van der Waals surface area contributed by atoms with Crippen LogP contribution in [0.4, 0.5) is 0 Å². The highest BCUT2D eigenvalue weighted by molar-refractivity contribution is 5.83. The molecule has 0 aromatic carbocycles. The number of hydrogen-bond donors (Lipinski definition) is 3. The molecule has 0 aliphatic carbocycles. The van der Waals surface area contributed by atoms with E-state index in [2.05, 4.69) is 13.8 Å². The minimum Gasteiger partial charge on any atom is -0.481 e. The van der Waals surface area contributed by atoms with Crippen molar-refractivity contribution < 1.29 is 24.9 Å². The summed E-state index contributed by atoms with van der Waals surface area (Å²) in [6.07, 6.45) is 35.1. The predicted octanol–water partition coefficient (Wildman–Crippen LogP) is 11.1. The van der Waals surface area contributed by atoms with Crippen molar-refractivity contribution in [2.75, 3.05) is 0 Å². The molecule has 5 heteroatoms. The molecule has 0 heterocycles. The number of carbonyl (C=O) groups is 2. The number of aliphatic carboxylic acids is 1. The number of carboxylic acid groups (broad SMARTS) is 1. The fourth-order valence-corrected chi connectivity index (χ4v) is 5.38. The van der Waals surface area contributed by atoms with Gasteiger partial charge in [-0.05, 0) is 19.8 Å². The van der Waals surface area contributed by atoms with Gasteiger partial charge in [0.05, 0.1) is 6.10 Å². The zero-order chi connectivity index (χ0) is 31.5. The summed E-state index contributed by atoms with van der Waals surface area (Å²) in [5.74, 6) is -0.877. The summed E-state index contributed by atoms with van der Waals surface area (Å²) in [6, 6.07) is 0. The number of Topliss-reactive ketones (excluding diaryl/α,β-unsaturated/α-hetero) is 1. The fourth-order valence-electron chi connectivity index (χ4n) is 5.38. The largest absolute Gasteiger partial charge is 0.481 e. The average Bonchev–Trinajstić information content (AvgIpc) is 2.97. The Labute approximate surface area is 262 Å². The van der Waals surface area contributed by atoms with Gasteiger partial charge in [0.25, 0.3) is 0 Å². The van der Waals surface area contributed by atoms with Gasteiger partial charge in [0.1, 0.15) is 6.10 Å². The van der Waals surface area contributed by atoms with E-state index in [-0.39, 0.29) is 5.78 Å². The lowest BCUT2D eigenvalue weighted by molar-refractivity contribution is -0.137. The van der Waals surface area contributed by atoms with Crippen molar-refractivity contribution in [1.29, 1.82) is 0 Å². The van der Waals surface area contributed by atoms with Crippen molar-refractivity contribution in [3.63, 3.8) is 0 Å². The molecule has 0 rings (SSSR count). The van der Waals surface area contributed by atoms with E-state index in [1.54, 1.807) is 0 Å². The molecule has 0 saturated carbocycles. The molecule has 0 aromatic rings. The topological polar surface area (TPSA) is 94.8 Å². The highest BCUT2D eigenvalue weighted by Crippen LogP contribution is 2.15. The van der Waals surface area contributed by atoms with E-state index in [1.165, 1.54) is 161 Å². The molecule has 252 valence electrons. The summed E-state index contributed by atoms with van der Waals surface area (Å²) in [6.45, 7) is 5.98. The van der Waals surface area contributed by atoms with E-state index in [9.17, 15) is 14.7 Å². The van der Waals surface area contributed by atoms with Gasteiger partial charge in [0, 0.05) is 12.8 Å². The van der Waals surface area contributed by atoms with Crippen LogP contribution in [0.5, 0.6) is 0 Å². The maximum absolute atomic E-state index is 11.5. The zero-order valence-electron chi connectivity index (χ0n) is 28.5. The summed E-state index contributed by atoms with van der Waals surface area (Å²) in [4.78, 5) is 21.8. The molecule has 0 aliphatic rings. The predicted molar refractivity (Wildman–Crippen MR) is 180 cm³/mol. The molecule has 0 amide bonds. The molecule has 2 atom stereocenters. The van der Waals surface area contributed by atoms with Gasteiger partial charge in [-0.3, -0.25) is 9.59 Å². The van der Waals surface area contributed by atoms with E-state index in [0.29, 0.717) is 12.8 Å². The molecule has 0 aromatic heterocycles. The minimum absolute atomic E-state index is 0.224. The molecule has 42 heavy (non-hydrogen) atoms. The van der Waals surface area contributed by atoms with Gasteiger partial charge >= 0.3 is 5.97 Å². The number of ketones is 1. The Kier molecular flexibility index (Phi) is 37.3. The molecular weight excluding hydrogens is 524 g/mol. The summed E-state index contributed by atoms with van der Waals surface area (Å²) < 4.78 is 0. The highest BCUT2D eigenvalue weighted by Gasteiger charge is 2.19. The zero-order valence-corrected chi connectivity index (χ0v) is 28.5. The minimum atomic E-state index is -1.20. The van der Waals surface area contributed by atoms with Crippen LogP contribution in [-0.2, 0) is 9.59 Å². The van der Waals surface area contributed by atoms with Crippen LogP contribution in [0.25, 0.3) is 0 Å². The molecule has 5 nitrogen and oxygen atoms in total. The summed E-state index contributed by atoms with van der Waals surface area (Å²) in [7, 11) is 0. The van der Waals surface area contributed by atoms with E-state index in [0.717, 1.165) is 25.7 Å². The molecule has 0 aliphatic heterocycles. The van der Waals surface area contributed by atoms with Crippen LogP contribution in [0, 0.1) is 0 Å². The smallest absolute Gasteiger partial charge is 0.303 e. The molecule has 0 spiro atoms. The standard InChI is InChI=1S/C19H38O3.C18H36O2/c1-3-4-5-6-7-8-9-10-11-12-13-14-15-16-18(21)19(22)17(2)20;1-2-3-4-5-6-7-8-9-10-11-12-13-14-15-16-17-18(19)20/h17,19-20,22H,3-16H2,1-2H3;2-17H2,1H3,(H,19,20). The van der Waals surface area contributed by atoms with E-state index >= 15 is 0 Å². The van der Waals surface area contributed by atoms with Crippen LogP contribution in [-0.4, -0.2) is 39.3 Å². The van der Waals surface area contributed by atoms with Crippen LogP contribution in [0.1, 0.15) is 213 Å². The monoisotopic (exact) mass is 599 g/mol. The highest BCUT2D eigenvalue weighted by atomic mass is 16.4. The third-order valence-electron chi connectivity index (χ3n) is 8.31. The number of unbranched alkanes of at least 4 members (excludes halogenated alkanes) is 26. The van der Waals surface area contributed by atoms with Crippen LogP contribution >= 0.6 is 0 Å². The van der Waals surface area contributed by atoms with Crippen LogP contribution < -0.4 is 0 Å². The van der Waals surface area contributed by atoms with Crippen molar-refractivity contribution in [1.82, 2.24) is 0 Å². The maximum atomic E-state index is 11.5. The Balaban J connectivity index is 0. The number of aliphatic hydroxyl groups excluding tert-OH is 2. The number of rotatable bonds is 32. The lowest BCUT2D eigenvalue weighted by Crippen LogP contribution is -2.31. The normalized spacial score (nSPS) is 12.5. The van der Waals surface area contributed by atoms with Crippen molar-refractivity contribution in [3.8, 4) is 0 Å². The molecule has 0 saturated heterocycles. The Morgan fingerprint density at radius 3 is 0.905 bits per heavy atom. The maximum Gasteiger partial charge on any atom is 0.303 e. The van der Waals surface area contributed by atoms with Gasteiger partial charge in [-0.15, -0.1) is 0 Å². The Morgan fingerprint density at radius 2 is 0.667 bits per heavy atom. The number of carboxylic acids is 1. The first-order valence-corrected chi connectivity index (χ1v) is 18.5. The molecule has 0 bridgehead atoms. The van der Waals surface area contributed by atoms with E-state index in [4.69, 9.17) is 10.2 Å². The first-order chi connectivity index (χ1) is 20.4. The lowest BCUT2D eigenvalue weighted by Gasteiger charge is -2.11. The van der Waals surface area contributed by atoms with Gasteiger partial charge in [0.2, 0.25) is 0 Å². The van der Waals surface area contributed by atoms with E-state index in [1.807, 2.05) is 0 Å². The second kappa shape index (κ2) is 36.3. The van der Waals surface area contributed by atoms with Gasteiger partial charge < -0.3 is 15.3 Å². The number of carbonyl (C=O) groups excluding carboxylic acids is 1. The van der Waals surface area contributed by atoms with Gasteiger partial charge in [-0.2, -0.15) is 0 Å². The van der Waals surface area contributed by atoms with Gasteiger partial charge in [0.15, 0.2) is 5.78 Å². The fraction of sp³-hybridized carbons (Fsp3) is 0.946. The van der Waals surface area contributed by atoms with Crippen molar-refractivity contribution >= 4 is 11.8 Å². The third-order valence-corrected chi connectivity index (χ3v) is 8.31. The molecule has 3 N–H and O–H groups in total. The van der Waals surface area contributed by atoms with Crippen molar-refractivity contribution in [2.45, 2.75) is 226 Å². The van der Waals surface area contributed by atoms with Crippen LogP contribution in [0.2, 0.25) is 0 Å². The molecule has 0 radical (unpaired) electrons. The summed E-state index contributed by atoms with van der Waals surface area (Å²) in [5, 5.41) is 27.0. The Morgan fingerprint density at radius 1 is 0.429 bits per heavy atom. The number of aliphatic hydroxyl groups is 2. The first-order valence-electron chi connectivity index (χ1n) is 18.5. The Bertz CT molecular complexity index is 548. The van der Waals surface area contributed by atoms with Gasteiger partial charge in [-0.25, -0.2) is 0 Å².